The molecule has 2 N–H and O–H groups in total. The Morgan fingerprint density at radius 1 is 1.21 bits per heavy atom. The number of benzene rings is 1. The maximum Gasteiger partial charge on any atom is 0.332 e. The van der Waals surface area contributed by atoms with Crippen molar-refractivity contribution in [2.75, 3.05) is 7.05 Å². The van der Waals surface area contributed by atoms with Gasteiger partial charge in [0, 0.05) is 12.6 Å². The fourth-order valence-corrected chi connectivity index (χ4v) is 1.79. The molecule has 0 heterocycles. The average Bonchev–Trinajstić information content (AvgIpc) is 2.36. The zero-order valence-electron chi connectivity index (χ0n) is 10.3. The van der Waals surface area contributed by atoms with Gasteiger partial charge in [-0.05, 0) is 31.2 Å². The summed E-state index contributed by atoms with van der Waals surface area (Å²) in [7, 11) is -3.35. The van der Waals surface area contributed by atoms with Crippen molar-refractivity contribution in [3.63, 3.8) is 0 Å². The second-order valence-corrected chi connectivity index (χ2v) is 5.12. The lowest BCUT2D eigenvalue weighted by Crippen LogP contribution is -2.43. The smallest absolute Gasteiger partial charge is 0.332 e. The lowest BCUT2D eigenvalue weighted by Gasteiger charge is -2.12. The summed E-state index contributed by atoms with van der Waals surface area (Å²) in [5.41, 5.74) is 0.128. The SMILES string of the molecule is CNC(=O)[C@@H](C)NC(=O)c1ccc(S(=O)(=O)F)cc1. The van der Waals surface area contributed by atoms with Crippen LogP contribution in [0, 0.1) is 0 Å². The van der Waals surface area contributed by atoms with Crippen LogP contribution in [-0.2, 0) is 15.0 Å². The third kappa shape index (κ3) is 4.02. The Bertz CT molecular complexity index is 583. The first-order chi connectivity index (χ1) is 8.75. The fraction of sp³-hybridized carbons (Fsp3) is 0.273. The first-order valence-electron chi connectivity index (χ1n) is 5.33. The van der Waals surface area contributed by atoms with Crippen LogP contribution >= 0.6 is 0 Å². The molecule has 1 aromatic rings. The first-order valence-corrected chi connectivity index (χ1v) is 6.71. The van der Waals surface area contributed by atoms with E-state index in [2.05, 4.69) is 10.6 Å². The van der Waals surface area contributed by atoms with Crippen LogP contribution in [0.4, 0.5) is 3.89 Å². The second-order valence-electron chi connectivity index (χ2n) is 3.77. The van der Waals surface area contributed by atoms with Gasteiger partial charge in [-0.3, -0.25) is 9.59 Å². The van der Waals surface area contributed by atoms with Gasteiger partial charge in [-0.2, -0.15) is 8.42 Å². The van der Waals surface area contributed by atoms with E-state index < -0.39 is 27.1 Å². The van der Waals surface area contributed by atoms with Crippen molar-refractivity contribution in [3.8, 4) is 0 Å². The lowest BCUT2D eigenvalue weighted by molar-refractivity contribution is -0.122. The predicted molar refractivity (Wildman–Crippen MR) is 65.7 cm³/mol. The molecule has 0 aliphatic carbocycles. The van der Waals surface area contributed by atoms with Gasteiger partial charge in [0.15, 0.2) is 0 Å². The maximum absolute atomic E-state index is 12.6. The van der Waals surface area contributed by atoms with Crippen LogP contribution in [0.1, 0.15) is 17.3 Å². The quantitative estimate of drug-likeness (QED) is 0.775. The number of hydrogen-bond donors (Lipinski definition) is 2. The maximum atomic E-state index is 12.6. The molecule has 8 heteroatoms. The molecule has 0 spiro atoms. The molecule has 0 saturated heterocycles. The highest BCUT2D eigenvalue weighted by Gasteiger charge is 2.16. The Hall–Kier alpha value is -1.96. The first kappa shape index (κ1) is 15.1. The molecule has 0 aliphatic heterocycles. The van der Waals surface area contributed by atoms with E-state index in [1.807, 2.05) is 0 Å². The average molecular weight is 288 g/mol. The normalized spacial score (nSPS) is 12.6. The van der Waals surface area contributed by atoms with Crippen molar-refractivity contribution < 1.29 is 21.9 Å². The van der Waals surface area contributed by atoms with Gasteiger partial charge in [0.25, 0.3) is 5.91 Å². The summed E-state index contributed by atoms with van der Waals surface area (Å²) in [4.78, 5) is 22.4. The molecule has 104 valence electrons. The molecule has 0 aliphatic rings. The number of nitrogens with one attached hydrogen (secondary N) is 2. The highest BCUT2D eigenvalue weighted by atomic mass is 32.3. The Balaban J connectivity index is 2.82. The monoisotopic (exact) mass is 288 g/mol. The molecule has 2 amide bonds. The minimum atomic E-state index is -4.78. The molecule has 0 radical (unpaired) electrons. The van der Waals surface area contributed by atoms with Crippen LogP contribution in [0.3, 0.4) is 0 Å². The zero-order valence-corrected chi connectivity index (χ0v) is 11.1. The summed E-state index contributed by atoms with van der Waals surface area (Å²) >= 11 is 0. The summed E-state index contributed by atoms with van der Waals surface area (Å²) < 4.78 is 33.8. The van der Waals surface area contributed by atoms with Crippen LogP contribution < -0.4 is 10.6 Å². The Kier molecular flexibility index (Phi) is 4.60. The molecular weight excluding hydrogens is 275 g/mol. The van der Waals surface area contributed by atoms with Gasteiger partial charge in [0.2, 0.25) is 5.91 Å². The van der Waals surface area contributed by atoms with Crippen LogP contribution in [0.2, 0.25) is 0 Å². The van der Waals surface area contributed by atoms with Crippen LogP contribution in [0.15, 0.2) is 29.2 Å². The van der Waals surface area contributed by atoms with E-state index in [-0.39, 0.29) is 11.5 Å². The van der Waals surface area contributed by atoms with Crippen LogP contribution in [0.5, 0.6) is 0 Å². The number of carbonyl (C=O) groups is 2. The Labute approximate surface area is 110 Å². The van der Waals surface area contributed by atoms with E-state index in [9.17, 15) is 21.9 Å². The highest BCUT2D eigenvalue weighted by Crippen LogP contribution is 2.13. The van der Waals surface area contributed by atoms with Crippen LogP contribution in [0.25, 0.3) is 0 Å². The van der Waals surface area contributed by atoms with Gasteiger partial charge < -0.3 is 10.6 Å². The van der Waals surface area contributed by atoms with E-state index >= 15 is 0 Å². The molecule has 0 unspecified atom stereocenters. The largest absolute Gasteiger partial charge is 0.357 e. The number of carbonyl (C=O) groups excluding carboxylic acids is 2. The van der Waals surface area contributed by atoms with E-state index in [1.54, 1.807) is 0 Å². The molecule has 0 fully saturated rings. The molecule has 6 nitrogen and oxygen atoms in total. The number of hydrogen-bond acceptors (Lipinski definition) is 4. The Morgan fingerprint density at radius 3 is 2.16 bits per heavy atom. The summed E-state index contributed by atoms with van der Waals surface area (Å²) in [6.07, 6.45) is 0. The second kappa shape index (κ2) is 5.79. The van der Waals surface area contributed by atoms with Gasteiger partial charge in [0.05, 0.1) is 4.90 Å². The molecular formula is C11H13FN2O4S. The van der Waals surface area contributed by atoms with Gasteiger partial charge in [-0.1, -0.05) is 0 Å². The molecule has 1 aromatic carbocycles. The minimum Gasteiger partial charge on any atom is -0.357 e. The third-order valence-corrected chi connectivity index (χ3v) is 3.22. The number of amides is 2. The van der Waals surface area contributed by atoms with Gasteiger partial charge in [-0.25, -0.2) is 0 Å². The van der Waals surface area contributed by atoms with Crippen molar-refractivity contribution in [1.29, 1.82) is 0 Å². The van der Waals surface area contributed by atoms with Crippen LogP contribution in [-0.4, -0.2) is 33.3 Å². The van der Waals surface area contributed by atoms with E-state index in [0.29, 0.717) is 0 Å². The highest BCUT2D eigenvalue weighted by molar-refractivity contribution is 7.86. The molecule has 19 heavy (non-hydrogen) atoms. The zero-order chi connectivity index (χ0) is 14.6. The molecule has 1 atom stereocenters. The summed E-state index contributed by atoms with van der Waals surface area (Å²) in [5.74, 6) is -0.921. The summed E-state index contributed by atoms with van der Waals surface area (Å²) in [6, 6.07) is 3.56. The van der Waals surface area contributed by atoms with E-state index in [1.165, 1.54) is 26.1 Å². The van der Waals surface area contributed by atoms with E-state index in [4.69, 9.17) is 0 Å². The van der Waals surface area contributed by atoms with Gasteiger partial charge in [-0.15, -0.1) is 3.89 Å². The lowest BCUT2D eigenvalue weighted by atomic mass is 10.2. The summed E-state index contributed by atoms with van der Waals surface area (Å²) in [6.45, 7) is 1.50. The van der Waals surface area contributed by atoms with Crippen molar-refractivity contribution in [3.05, 3.63) is 29.8 Å². The van der Waals surface area contributed by atoms with Gasteiger partial charge in [0.1, 0.15) is 6.04 Å². The van der Waals surface area contributed by atoms with Crippen molar-refractivity contribution in [2.24, 2.45) is 0 Å². The van der Waals surface area contributed by atoms with Crippen molar-refractivity contribution in [1.82, 2.24) is 10.6 Å². The van der Waals surface area contributed by atoms with Gasteiger partial charge >= 0.3 is 10.2 Å². The number of halogens is 1. The number of rotatable bonds is 4. The molecule has 0 aromatic heterocycles. The number of likely N-dealkylation sites (N-methyl/N-ethyl adjacent to an activating group) is 1. The molecule has 0 bridgehead atoms. The van der Waals surface area contributed by atoms with E-state index in [0.717, 1.165) is 12.1 Å². The fourth-order valence-electron chi connectivity index (χ4n) is 1.33. The standard InChI is InChI=1S/C11H13FN2O4S/c1-7(10(15)13-2)14-11(16)8-3-5-9(6-4-8)19(12,17)18/h3-7H,1-2H3,(H,13,15)(H,14,16)/t7-/m1/s1. The molecule has 0 saturated carbocycles. The summed E-state index contributed by atoms with van der Waals surface area (Å²) in [5, 5.41) is 4.78. The predicted octanol–water partition coefficient (Wildman–Crippen LogP) is 0.209. The topological polar surface area (TPSA) is 92.3 Å². The Morgan fingerprint density at radius 2 is 1.74 bits per heavy atom. The minimum absolute atomic E-state index is 0.128. The van der Waals surface area contributed by atoms with Crippen molar-refractivity contribution >= 4 is 22.0 Å². The van der Waals surface area contributed by atoms with Crippen molar-refractivity contribution in [2.45, 2.75) is 17.9 Å². The third-order valence-electron chi connectivity index (χ3n) is 2.39. The molecule has 1 rings (SSSR count).